The molecule has 0 bridgehead atoms. The van der Waals surface area contributed by atoms with E-state index in [1.807, 2.05) is 25.1 Å². The molecular weight excluding hydrogens is 224 g/mol. The minimum absolute atomic E-state index is 0.0942. The van der Waals surface area contributed by atoms with E-state index in [2.05, 4.69) is 10.1 Å². The molecule has 86 valence electrons. The number of carbonyl (C=O) groups excluding carboxylic acids is 1. The maximum atomic E-state index is 11.0. The summed E-state index contributed by atoms with van der Waals surface area (Å²) in [6.45, 7) is 2.01. The number of rotatable bonds is 4. The minimum atomic E-state index is -0.336. The van der Waals surface area contributed by atoms with E-state index in [1.54, 1.807) is 0 Å². The molecule has 0 amide bonds. The number of ether oxygens (including phenoxy) is 1. The van der Waals surface area contributed by atoms with Crippen molar-refractivity contribution in [1.82, 2.24) is 0 Å². The molecule has 4 nitrogen and oxygen atoms in total. The van der Waals surface area contributed by atoms with Crippen molar-refractivity contribution in [2.24, 2.45) is 5.73 Å². The summed E-state index contributed by atoms with van der Waals surface area (Å²) in [4.78, 5) is 11.3. The van der Waals surface area contributed by atoms with Crippen LogP contribution in [0.1, 0.15) is 11.1 Å². The van der Waals surface area contributed by atoms with E-state index in [0.29, 0.717) is 4.99 Å². The first-order valence-electron chi connectivity index (χ1n) is 4.76. The van der Waals surface area contributed by atoms with E-state index in [4.69, 9.17) is 18.0 Å². The molecule has 0 fully saturated rings. The zero-order chi connectivity index (χ0) is 12.1. The monoisotopic (exact) mass is 238 g/mol. The van der Waals surface area contributed by atoms with E-state index < -0.39 is 0 Å². The van der Waals surface area contributed by atoms with Crippen LogP contribution in [0.25, 0.3) is 0 Å². The molecule has 3 N–H and O–H groups in total. The summed E-state index contributed by atoms with van der Waals surface area (Å²) < 4.78 is 4.55. The van der Waals surface area contributed by atoms with Gasteiger partial charge in [0.15, 0.2) is 0 Å². The third-order valence-electron chi connectivity index (χ3n) is 2.18. The van der Waals surface area contributed by atoms with Gasteiger partial charge in [-0.2, -0.15) is 0 Å². The molecule has 16 heavy (non-hydrogen) atoms. The number of nitrogens with two attached hydrogens (primary N) is 1. The van der Waals surface area contributed by atoms with Crippen molar-refractivity contribution in [3.8, 4) is 0 Å². The number of benzene rings is 1. The van der Waals surface area contributed by atoms with Gasteiger partial charge in [0.1, 0.15) is 11.5 Å². The zero-order valence-corrected chi connectivity index (χ0v) is 10.1. The number of aryl methyl sites for hydroxylation is 1. The van der Waals surface area contributed by atoms with Gasteiger partial charge in [-0.3, -0.25) is 4.79 Å². The first-order valence-corrected chi connectivity index (χ1v) is 5.17. The van der Waals surface area contributed by atoms with Crippen LogP contribution in [0.15, 0.2) is 18.2 Å². The summed E-state index contributed by atoms with van der Waals surface area (Å²) in [6, 6.07) is 5.60. The number of nitrogens with one attached hydrogen (secondary N) is 1. The fraction of sp³-hybridized carbons (Fsp3) is 0.273. The molecule has 1 aromatic rings. The van der Waals surface area contributed by atoms with Gasteiger partial charge in [-0.15, -0.1) is 0 Å². The van der Waals surface area contributed by atoms with Crippen LogP contribution in [0.4, 0.5) is 5.69 Å². The topological polar surface area (TPSA) is 64.3 Å². The number of methoxy groups -OCH3 is 1. The number of carbonyl (C=O) groups is 1. The van der Waals surface area contributed by atoms with Gasteiger partial charge in [-0.05, 0) is 18.6 Å². The lowest BCUT2D eigenvalue weighted by Crippen LogP contribution is -2.19. The van der Waals surface area contributed by atoms with Crippen molar-refractivity contribution in [1.29, 1.82) is 0 Å². The zero-order valence-electron chi connectivity index (χ0n) is 9.24. The second-order valence-electron chi connectivity index (χ2n) is 3.29. The molecule has 0 unspecified atom stereocenters. The summed E-state index contributed by atoms with van der Waals surface area (Å²) in [5.74, 6) is -0.336. The van der Waals surface area contributed by atoms with E-state index in [0.717, 1.165) is 16.8 Å². The van der Waals surface area contributed by atoms with Crippen molar-refractivity contribution < 1.29 is 9.53 Å². The molecule has 0 heterocycles. The highest BCUT2D eigenvalue weighted by atomic mass is 32.1. The summed E-state index contributed by atoms with van der Waals surface area (Å²) in [5.41, 5.74) is 8.09. The summed E-state index contributed by atoms with van der Waals surface area (Å²) >= 11 is 4.94. The first-order chi connectivity index (χ1) is 7.56. The molecule has 0 atom stereocenters. The fourth-order valence-electron chi connectivity index (χ4n) is 1.34. The van der Waals surface area contributed by atoms with Crippen LogP contribution in [-0.2, 0) is 9.53 Å². The van der Waals surface area contributed by atoms with Crippen LogP contribution in [-0.4, -0.2) is 24.6 Å². The van der Waals surface area contributed by atoms with Gasteiger partial charge in [0.2, 0.25) is 0 Å². The van der Waals surface area contributed by atoms with Crippen molar-refractivity contribution >= 4 is 28.9 Å². The van der Waals surface area contributed by atoms with E-state index >= 15 is 0 Å². The number of thiocarbonyl (C=S) groups is 1. The van der Waals surface area contributed by atoms with Crippen molar-refractivity contribution in [2.75, 3.05) is 19.0 Å². The molecule has 0 aromatic heterocycles. The fourth-order valence-corrected chi connectivity index (χ4v) is 1.51. The molecule has 0 radical (unpaired) electrons. The highest BCUT2D eigenvalue weighted by Crippen LogP contribution is 2.20. The molecular formula is C11H14N2O2S. The maximum absolute atomic E-state index is 11.0. The largest absolute Gasteiger partial charge is 0.468 e. The molecule has 0 saturated heterocycles. The van der Waals surface area contributed by atoms with Gasteiger partial charge >= 0.3 is 5.97 Å². The normalized spacial score (nSPS) is 9.62. The third kappa shape index (κ3) is 2.93. The summed E-state index contributed by atoms with van der Waals surface area (Å²) in [5, 5.41) is 2.97. The highest BCUT2D eigenvalue weighted by Gasteiger charge is 2.09. The van der Waals surface area contributed by atoms with Gasteiger partial charge < -0.3 is 15.8 Å². The van der Waals surface area contributed by atoms with Crippen LogP contribution in [0.5, 0.6) is 0 Å². The predicted molar refractivity (Wildman–Crippen MR) is 67.6 cm³/mol. The molecule has 0 spiro atoms. The lowest BCUT2D eigenvalue weighted by atomic mass is 10.1. The average molecular weight is 238 g/mol. The standard InChI is InChI=1S/C11H14N2O2S/c1-7-4-3-5-8(11(12)16)10(7)13-6-9(14)15-2/h3-5,13H,6H2,1-2H3,(H2,12,16). The molecule has 0 aliphatic rings. The molecule has 5 heteroatoms. The maximum Gasteiger partial charge on any atom is 0.325 e. The Balaban J connectivity index is 2.93. The molecule has 1 aromatic carbocycles. The van der Waals surface area contributed by atoms with Crippen LogP contribution in [0, 0.1) is 6.92 Å². The Hall–Kier alpha value is -1.62. The molecule has 0 aliphatic carbocycles. The van der Waals surface area contributed by atoms with E-state index in [-0.39, 0.29) is 12.5 Å². The second kappa shape index (κ2) is 5.46. The average Bonchev–Trinajstić information content (AvgIpc) is 2.26. The number of para-hydroxylation sites is 1. The lowest BCUT2D eigenvalue weighted by Gasteiger charge is -2.13. The Morgan fingerprint density at radius 3 is 2.81 bits per heavy atom. The number of esters is 1. The van der Waals surface area contributed by atoms with E-state index in [1.165, 1.54) is 7.11 Å². The Morgan fingerprint density at radius 2 is 2.25 bits per heavy atom. The SMILES string of the molecule is COC(=O)CNc1c(C)cccc1C(N)=S. The smallest absolute Gasteiger partial charge is 0.325 e. The van der Waals surface area contributed by atoms with Gasteiger partial charge in [-0.25, -0.2) is 0 Å². The highest BCUT2D eigenvalue weighted by molar-refractivity contribution is 7.80. The van der Waals surface area contributed by atoms with Gasteiger partial charge in [0.25, 0.3) is 0 Å². The predicted octanol–water partition coefficient (Wildman–Crippen LogP) is 1.21. The Labute approximate surface area is 99.8 Å². The van der Waals surface area contributed by atoms with Gasteiger partial charge in [0, 0.05) is 11.3 Å². The Morgan fingerprint density at radius 1 is 1.56 bits per heavy atom. The van der Waals surface area contributed by atoms with Crippen molar-refractivity contribution in [3.05, 3.63) is 29.3 Å². The van der Waals surface area contributed by atoms with Crippen molar-refractivity contribution in [2.45, 2.75) is 6.92 Å². The van der Waals surface area contributed by atoms with Crippen LogP contribution < -0.4 is 11.1 Å². The Kier molecular flexibility index (Phi) is 4.25. The van der Waals surface area contributed by atoms with E-state index in [9.17, 15) is 4.79 Å². The number of anilines is 1. The lowest BCUT2D eigenvalue weighted by molar-refractivity contribution is -0.138. The quantitative estimate of drug-likeness (QED) is 0.610. The van der Waals surface area contributed by atoms with Crippen LogP contribution in [0.2, 0.25) is 0 Å². The van der Waals surface area contributed by atoms with Crippen LogP contribution >= 0.6 is 12.2 Å². The van der Waals surface area contributed by atoms with Crippen LogP contribution in [0.3, 0.4) is 0 Å². The van der Waals surface area contributed by atoms with Crippen molar-refractivity contribution in [3.63, 3.8) is 0 Å². The Bertz CT molecular complexity index is 418. The van der Waals surface area contributed by atoms with Gasteiger partial charge in [0.05, 0.1) is 7.11 Å². The number of hydrogen-bond donors (Lipinski definition) is 2. The second-order valence-corrected chi connectivity index (χ2v) is 3.73. The minimum Gasteiger partial charge on any atom is -0.468 e. The molecule has 1 rings (SSSR count). The summed E-state index contributed by atoms with van der Waals surface area (Å²) in [6.07, 6.45) is 0. The third-order valence-corrected chi connectivity index (χ3v) is 2.40. The number of hydrogen-bond acceptors (Lipinski definition) is 4. The first kappa shape index (κ1) is 12.4. The van der Waals surface area contributed by atoms with Gasteiger partial charge in [-0.1, -0.05) is 24.4 Å². The molecule has 0 saturated carbocycles. The summed E-state index contributed by atoms with van der Waals surface area (Å²) in [7, 11) is 1.34. The molecule has 0 aliphatic heterocycles.